The molecule has 182 valence electrons. The van der Waals surface area contributed by atoms with Crippen LogP contribution in [0, 0.1) is 17.0 Å². The Bertz CT molecular complexity index is 1510. The third-order valence-corrected chi connectivity index (χ3v) is 6.49. The van der Waals surface area contributed by atoms with Gasteiger partial charge in [-0.2, -0.15) is 10.2 Å². The molecule has 15 heteroatoms. The Morgan fingerprint density at radius 2 is 2.00 bits per heavy atom. The van der Waals surface area contributed by atoms with Gasteiger partial charge in [0.05, 0.1) is 16.8 Å². The second-order valence-electron chi connectivity index (χ2n) is 7.42. The number of nitrogens with one attached hydrogen (secondary N) is 1. The molecule has 0 aliphatic rings. The molecule has 0 saturated heterocycles. The number of pyridine rings is 1. The number of aryl methyl sites for hydroxylation is 2. The van der Waals surface area contributed by atoms with Crippen LogP contribution in [0.2, 0.25) is 0 Å². The fourth-order valence-corrected chi connectivity index (χ4v) is 4.77. The predicted octanol–water partition coefficient (Wildman–Crippen LogP) is 3.42. The predicted molar refractivity (Wildman–Crippen MR) is 123 cm³/mol. The maximum atomic E-state index is 13.7. The van der Waals surface area contributed by atoms with Crippen molar-refractivity contribution in [1.29, 1.82) is 0 Å². The van der Waals surface area contributed by atoms with Crippen LogP contribution in [0.15, 0.2) is 18.5 Å². The summed E-state index contributed by atoms with van der Waals surface area (Å²) in [6.45, 7) is 4.13. The lowest BCUT2D eigenvalue weighted by atomic mass is 10.0. The normalized spacial score (nSPS) is 11.4. The van der Waals surface area contributed by atoms with Gasteiger partial charge in [0, 0.05) is 30.2 Å². The fourth-order valence-electron chi connectivity index (χ4n) is 3.76. The number of carbonyl (C=O) groups excluding carboxylic acids is 2. The molecule has 0 fully saturated rings. The lowest BCUT2D eigenvalue weighted by Crippen LogP contribution is -2.20. The van der Waals surface area contributed by atoms with Gasteiger partial charge in [-0.25, -0.2) is 13.8 Å². The van der Waals surface area contributed by atoms with Gasteiger partial charge in [0.1, 0.15) is 21.6 Å². The quantitative estimate of drug-likeness (QED) is 0.287. The number of nitro groups is 1. The van der Waals surface area contributed by atoms with E-state index in [0.29, 0.717) is 17.8 Å². The van der Waals surface area contributed by atoms with E-state index in [0.717, 1.165) is 28.3 Å². The average molecular weight is 504 g/mol. The van der Waals surface area contributed by atoms with Gasteiger partial charge in [0.15, 0.2) is 0 Å². The van der Waals surface area contributed by atoms with Crippen molar-refractivity contribution in [2.45, 2.75) is 26.8 Å². The number of aromatic nitrogens is 5. The molecule has 0 unspecified atom stereocenters. The Balaban J connectivity index is 2.00. The van der Waals surface area contributed by atoms with Crippen LogP contribution < -0.4 is 11.1 Å². The number of amides is 2. The summed E-state index contributed by atoms with van der Waals surface area (Å²) in [5, 5.41) is 22.0. The minimum absolute atomic E-state index is 0.0325. The Labute approximate surface area is 199 Å². The summed E-state index contributed by atoms with van der Waals surface area (Å²) in [4.78, 5) is 39.8. The zero-order chi connectivity index (χ0) is 25.6. The Hall–Kier alpha value is -4.27. The zero-order valence-electron chi connectivity index (χ0n) is 18.6. The van der Waals surface area contributed by atoms with E-state index in [1.807, 2.05) is 6.92 Å². The summed E-state index contributed by atoms with van der Waals surface area (Å²) < 4.78 is 30.0. The van der Waals surface area contributed by atoms with E-state index < -0.39 is 34.5 Å². The lowest BCUT2D eigenvalue weighted by molar-refractivity contribution is -0.385. The van der Waals surface area contributed by atoms with Crippen LogP contribution in [-0.4, -0.2) is 41.3 Å². The van der Waals surface area contributed by atoms with Gasteiger partial charge in [0.2, 0.25) is 5.69 Å². The number of alkyl halides is 2. The molecule has 4 rings (SSSR count). The summed E-state index contributed by atoms with van der Waals surface area (Å²) in [6, 6.07) is 1.16. The first-order chi connectivity index (χ1) is 16.5. The highest BCUT2D eigenvalue weighted by Crippen LogP contribution is 2.43. The molecule has 0 spiro atoms. The number of primary amides is 1. The average Bonchev–Trinajstić information content (AvgIpc) is 3.47. The molecule has 4 aromatic heterocycles. The third-order valence-electron chi connectivity index (χ3n) is 5.39. The Morgan fingerprint density at radius 1 is 1.29 bits per heavy atom. The molecular formula is C20H18F2N8O4S. The molecule has 0 aromatic carbocycles. The first-order valence-corrected chi connectivity index (χ1v) is 10.9. The maximum Gasteiger partial charge on any atom is 0.320 e. The molecule has 0 aliphatic carbocycles. The van der Waals surface area contributed by atoms with E-state index in [2.05, 4.69) is 20.5 Å². The van der Waals surface area contributed by atoms with Gasteiger partial charge < -0.3 is 11.1 Å². The molecule has 2 amide bonds. The number of halogens is 2. The first-order valence-electron chi connectivity index (χ1n) is 10.1. The molecule has 0 radical (unpaired) electrons. The van der Waals surface area contributed by atoms with Crippen LogP contribution in [0.3, 0.4) is 0 Å². The molecule has 0 saturated carbocycles. The minimum atomic E-state index is -2.91. The van der Waals surface area contributed by atoms with E-state index in [-0.39, 0.29) is 32.0 Å². The van der Waals surface area contributed by atoms with E-state index >= 15 is 0 Å². The fraction of sp³-hybridized carbons (Fsp3) is 0.250. The number of fused-ring (bicyclic) bond motifs is 1. The molecule has 3 N–H and O–H groups in total. The number of nitrogens with zero attached hydrogens (tertiary/aromatic N) is 6. The van der Waals surface area contributed by atoms with Gasteiger partial charge in [-0.05, 0) is 25.5 Å². The van der Waals surface area contributed by atoms with E-state index in [1.165, 1.54) is 13.2 Å². The molecule has 0 aliphatic heterocycles. The van der Waals surface area contributed by atoms with Crippen molar-refractivity contribution in [1.82, 2.24) is 24.5 Å². The van der Waals surface area contributed by atoms with Crippen molar-refractivity contribution in [3.63, 3.8) is 0 Å². The number of rotatable bonds is 7. The summed E-state index contributed by atoms with van der Waals surface area (Å²) in [5.41, 5.74) is 5.36. The molecule has 4 aromatic rings. The Morgan fingerprint density at radius 3 is 2.57 bits per heavy atom. The van der Waals surface area contributed by atoms with Crippen LogP contribution >= 0.6 is 11.3 Å². The number of anilines is 1. The van der Waals surface area contributed by atoms with Crippen LogP contribution in [0.4, 0.5) is 20.2 Å². The van der Waals surface area contributed by atoms with Gasteiger partial charge in [-0.15, -0.1) is 11.3 Å². The van der Waals surface area contributed by atoms with Crippen molar-refractivity contribution < 1.29 is 23.3 Å². The standard InChI is InChI=1S/C20H18F2N8O4S/c1-4-29-8(2)10(6-25-29)9-5-11(17(21)22)26-20-13(9)14(16(35-20)18(23)31)27-19(32)15-12(30(33)34)7-24-28(15)3/h5-7,17H,4H2,1-3H3,(H2,23,31)(H,27,32). The van der Waals surface area contributed by atoms with Crippen molar-refractivity contribution >= 4 is 44.7 Å². The molecular weight excluding hydrogens is 486 g/mol. The van der Waals surface area contributed by atoms with Gasteiger partial charge in [-0.3, -0.25) is 29.1 Å². The van der Waals surface area contributed by atoms with E-state index in [9.17, 15) is 28.5 Å². The summed E-state index contributed by atoms with van der Waals surface area (Å²) in [7, 11) is 1.34. The highest BCUT2D eigenvalue weighted by atomic mass is 32.1. The highest BCUT2D eigenvalue weighted by Gasteiger charge is 2.30. The van der Waals surface area contributed by atoms with E-state index in [4.69, 9.17) is 5.73 Å². The monoisotopic (exact) mass is 504 g/mol. The Kier molecular flexibility index (Phi) is 6.02. The van der Waals surface area contributed by atoms with Crippen LogP contribution in [0.25, 0.3) is 21.3 Å². The van der Waals surface area contributed by atoms with Crippen molar-refractivity contribution in [3.8, 4) is 11.1 Å². The highest BCUT2D eigenvalue weighted by molar-refractivity contribution is 7.21. The van der Waals surface area contributed by atoms with Crippen LogP contribution in [-0.2, 0) is 13.6 Å². The molecule has 12 nitrogen and oxygen atoms in total. The second-order valence-corrected chi connectivity index (χ2v) is 8.42. The maximum absolute atomic E-state index is 13.7. The topological polar surface area (TPSA) is 164 Å². The minimum Gasteiger partial charge on any atom is -0.365 e. The van der Waals surface area contributed by atoms with E-state index in [1.54, 1.807) is 11.6 Å². The van der Waals surface area contributed by atoms with Gasteiger partial charge >= 0.3 is 5.69 Å². The number of thiophene rings is 1. The SMILES string of the molecule is CCn1ncc(-c2cc(C(F)F)nc3sc(C(N)=O)c(NC(=O)c4c([N+](=O)[O-])cnn4C)c23)c1C. The van der Waals surface area contributed by atoms with Crippen molar-refractivity contribution in [2.75, 3.05) is 5.32 Å². The number of hydrogen-bond donors (Lipinski definition) is 2. The smallest absolute Gasteiger partial charge is 0.320 e. The zero-order valence-corrected chi connectivity index (χ0v) is 19.4. The summed E-state index contributed by atoms with van der Waals surface area (Å²) in [5.74, 6) is -1.88. The number of nitrogens with two attached hydrogens (primary N) is 1. The van der Waals surface area contributed by atoms with Gasteiger partial charge in [-0.1, -0.05) is 0 Å². The number of carbonyl (C=O) groups is 2. The largest absolute Gasteiger partial charge is 0.365 e. The lowest BCUT2D eigenvalue weighted by Gasteiger charge is -2.11. The van der Waals surface area contributed by atoms with Gasteiger partial charge in [0.25, 0.3) is 18.2 Å². The first kappa shape index (κ1) is 23.9. The van der Waals surface area contributed by atoms with Crippen molar-refractivity contribution in [2.24, 2.45) is 12.8 Å². The third kappa shape index (κ3) is 3.99. The van der Waals surface area contributed by atoms with Crippen LogP contribution in [0.1, 0.15) is 44.9 Å². The second kappa shape index (κ2) is 8.83. The van der Waals surface area contributed by atoms with Crippen molar-refractivity contribution in [3.05, 3.63) is 50.5 Å². The molecule has 4 heterocycles. The summed E-state index contributed by atoms with van der Waals surface area (Å²) in [6.07, 6.45) is -0.504. The number of hydrogen-bond acceptors (Lipinski definition) is 8. The summed E-state index contributed by atoms with van der Waals surface area (Å²) >= 11 is 0.728. The van der Waals surface area contributed by atoms with Crippen LogP contribution in [0.5, 0.6) is 0 Å². The molecule has 0 bridgehead atoms. The molecule has 0 atom stereocenters. The molecule has 35 heavy (non-hydrogen) atoms.